The minimum Gasteiger partial charge on any atom is -0.366 e. The van der Waals surface area contributed by atoms with Crippen molar-refractivity contribution in [3.05, 3.63) is 58.0 Å². The molecule has 21 heavy (non-hydrogen) atoms. The van der Waals surface area contributed by atoms with Gasteiger partial charge in [0.2, 0.25) is 11.3 Å². The van der Waals surface area contributed by atoms with Gasteiger partial charge in [0.15, 0.2) is 4.90 Å². The number of hydrogen-bond acceptors (Lipinski definition) is 4. The van der Waals surface area contributed by atoms with E-state index < -0.39 is 21.4 Å². The Kier molecular flexibility index (Phi) is 3.81. The highest BCUT2D eigenvalue weighted by Crippen LogP contribution is 2.19. The number of amides is 1. The highest BCUT2D eigenvalue weighted by atomic mass is 32.2. The van der Waals surface area contributed by atoms with Gasteiger partial charge in [0, 0.05) is 24.0 Å². The molecule has 1 aromatic carbocycles. The monoisotopic (exact) mass is 307 g/mol. The van der Waals surface area contributed by atoms with Crippen LogP contribution in [0.5, 0.6) is 0 Å². The minimum atomic E-state index is -4.01. The lowest BCUT2D eigenvalue weighted by molar-refractivity contribution is 0.1000. The molecule has 0 saturated heterocycles. The van der Waals surface area contributed by atoms with Crippen molar-refractivity contribution < 1.29 is 13.2 Å². The van der Waals surface area contributed by atoms with Gasteiger partial charge < -0.3 is 10.7 Å². The summed E-state index contributed by atoms with van der Waals surface area (Å²) in [5.41, 5.74) is 5.58. The smallest absolute Gasteiger partial charge is 0.267 e. The first kappa shape index (κ1) is 14.8. The molecule has 0 atom stereocenters. The molecule has 0 unspecified atom stereocenters. The number of primary amides is 1. The quantitative estimate of drug-likeness (QED) is 0.764. The molecule has 0 spiro atoms. The lowest BCUT2D eigenvalue weighted by atomic mass is 10.1. The zero-order chi connectivity index (χ0) is 15.6. The fraction of sp³-hybridized carbons (Fsp3) is 0.0769. The van der Waals surface area contributed by atoms with E-state index in [-0.39, 0.29) is 16.1 Å². The second-order valence-corrected chi connectivity index (χ2v) is 6.02. The van der Waals surface area contributed by atoms with E-state index in [1.54, 1.807) is 6.92 Å². The zero-order valence-electron chi connectivity index (χ0n) is 11.1. The number of aryl methyl sites for hydroxylation is 1. The van der Waals surface area contributed by atoms with Crippen LogP contribution in [0.4, 0.5) is 5.69 Å². The van der Waals surface area contributed by atoms with Crippen LogP contribution in [-0.4, -0.2) is 19.3 Å². The number of carbonyl (C=O) groups is 1. The predicted octanol–water partition coefficient (Wildman–Crippen LogP) is 0.583. The molecule has 0 aliphatic carbocycles. The Labute approximate surface area is 120 Å². The number of benzene rings is 1. The molecule has 110 valence electrons. The molecule has 0 bridgehead atoms. The van der Waals surface area contributed by atoms with Crippen LogP contribution in [-0.2, 0) is 10.0 Å². The van der Waals surface area contributed by atoms with Crippen molar-refractivity contribution in [1.82, 2.24) is 4.98 Å². The predicted molar refractivity (Wildman–Crippen MR) is 77.6 cm³/mol. The number of aromatic amines is 1. The van der Waals surface area contributed by atoms with E-state index in [9.17, 15) is 18.0 Å². The lowest BCUT2D eigenvalue weighted by Gasteiger charge is -2.10. The van der Waals surface area contributed by atoms with Crippen LogP contribution < -0.4 is 15.9 Å². The lowest BCUT2D eigenvalue weighted by Crippen LogP contribution is -2.21. The van der Waals surface area contributed by atoms with Gasteiger partial charge in [-0.05, 0) is 30.7 Å². The maximum atomic E-state index is 12.2. The molecule has 1 aromatic heterocycles. The molecule has 0 fully saturated rings. The van der Waals surface area contributed by atoms with E-state index in [0.717, 1.165) is 12.3 Å². The molecule has 1 heterocycles. The SMILES string of the molecule is Cc1cc(C(N)=O)ccc1NS(=O)(=O)c1c[nH]ccc1=O. The van der Waals surface area contributed by atoms with Crippen molar-refractivity contribution in [3.8, 4) is 0 Å². The van der Waals surface area contributed by atoms with Crippen LogP contribution in [0.2, 0.25) is 0 Å². The van der Waals surface area contributed by atoms with E-state index in [2.05, 4.69) is 9.71 Å². The zero-order valence-corrected chi connectivity index (χ0v) is 11.9. The Morgan fingerprint density at radius 3 is 2.57 bits per heavy atom. The normalized spacial score (nSPS) is 11.1. The van der Waals surface area contributed by atoms with Gasteiger partial charge in [-0.1, -0.05) is 0 Å². The number of H-pyrrole nitrogens is 1. The first-order valence-corrected chi connectivity index (χ1v) is 7.40. The van der Waals surface area contributed by atoms with E-state index >= 15 is 0 Å². The first-order chi connectivity index (χ1) is 9.81. The molecule has 8 heteroatoms. The van der Waals surface area contributed by atoms with Crippen LogP contribution in [0.15, 0.2) is 46.3 Å². The van der Waals surface area contributed by atoms with E-state index in [4.69, 9.17) is 5.73 Å². The third-order valence-electron chi connectivity index (χ3n) is 2.83. The van der Waals surface area contributed by atoms with E-state index in [0.29, 0.717) is 5.56 Å². The molecule has 2 aromatic rings. The summed E-state index contributed by atoms with van der Waals surface area (Å²) in [7, 11) is -4.01. The molecule has 4 N–H and O–H groups in total. The summed E-state index contributed by atoms with van der Waals surface area (Å²) in [6, 6.07) is 5.42. The number of sulfonamides is 1. The Hall–Kier alpha value is -2.61. The van der Waals surface area contributed by atoms with Crippen molar-refractivity contribution >= 4 is 21.6 Å². The van der Waals surface area contributed by atoms with E-state index in [1.165, 1.54) is 24.4 Å². The van der Waals surface area contributed by atoms with E-state index in [1.807, 2.05) is 0 Å². The third kappa shape index (κ3) is 3.11. The number of nitrogens with two attached hydrogens (primary N) is 1. The standard InChI is InChI=1S/C13H13N3O4S/c1-8-6-9(13(14)18)2-3-10(8)16-21(19,20)12-7-15-5-4-11(12)17/h2-7,16H,1H3,(H2,14,18)(H,15,17). The minimum absolute atomic E-state index is 0.267. The first-order valence-electron chi connectivity index (χ1n) is 5.91. The number of rotatable bonds is 4. The van der Waals surface area contributed by atoms with Crippen LogP contribution in [0.25, 0.3) is 0 Å². The van der Waals surface area contributed by atoms with Crippen molar-refractivity contribution in [1.29, 1.82) is 0 Å². The summed E-state index contributed by atoms with van der Waals surface area (Å²) in [5, 5.41) is 0. The number of carbonyl (C=O) groups excluding carboxylic acids is 1. The molecule has 7 nitrogen and oxygen atoms in total. The van der Waals surface area contributed by atoms with Crippen LogP contribution in [0.1, 0.15) is 15.9 Å². The van der Waals surface area contributed by atoms with Gasteiger partial charge in [-0.3, -0.25) is 14.3 Å². The molecule has 0 saturated carbocycles. The van der Waals surface area contributed by atoms with Gasteiger partial charge in [0.1, 0.15) is 0 Å². The Morgan fingerprint density at radius 2 is 2.00 bits per heavy atom. The van der Waals surface area contributed by atoms with Crippen molar-refractivity contribution in [2.75, 3.05) is 4.72 Å². The van der Waals surface area contributed by atoms with Gasteiger partial charge in [-0.15, -0.1) is 0 Å². The summed E-state index contributed by atoms with van der Waals surface area (Å²) in [6.07, 6.45) is 2.45. The molecular formula is C13H13N3O4S. The summed E-state index contributed by atoms with van der Waals surface area (Å²) in [5.74, 6) is -0.605. The molecule has 2 rings (SSSR count). The van der Waals surface area contributed by atoms with Crippen LogP contribution in [0, 0.1) is 6.92 Å². The van der Waals surface area contributed by atoms with Gasteiger partial charge in [0.25, 0.3) is 10.0 Å². The highest BCUT2D eigenvalue weighted by molar-refractivity contribution is 7.92. The van der Waals surface area contributed by atoms with Crippen LogP contribution >= 0.6 is 0 Å². The van der Waals surface area contributed by atoms with Crippen molar-refractivity contribution in [3.63, 3.8) is 0 Å². The molecular weight excluding hydrogens is 294 g/mol. The number of anilines is 1. The highest BCUT2D eigenvalue weighted by Gasteiger charge is 2.18. The largest absolute Gasteiger partial charge is 0.366 e. The second kappa shape index (κ2) is 5.41. The Morgan fingerprint density at radius 1 is 1.29 bits per heavy atom. The van der Waals surface area contributed by atoms with Crippen LogP contribution in [0.3, 0.4) is 0 Å². The third-order valence-corrected chi connectivity index (χ3v) is 4.22. The second-order valence-electron chi connectivity index (χ2n) is 4.37. The fourth-order valence-electron chi connectivity index (χ4n) is 1.74. The number of aromatic nitrogens is 1. The maximum absolute atomic E-state index is 12.2. The number of pyridine rings is 1. The summed E-state index contributed by atoms with van der Waals surface area (Å²) < 4.78 is 26.7. The number of nitrogens with one attached hydrogen (secondary N) is 2. The average molecular weight is 307 g/mol. The Balaban J connectivity index is 2.40. The molecule has 0 radical (unpaired) electrons. The topological polar surface area (TPSA) is 122 Å². The van der Waals surface area contributed by atoms with Crippen molar-refractivity contribution in [2.45, 2.75) is 11.8 Å². The number of hydrogen-bond donors (Lipinski definition) is 3. The van der Waals surface area contributed by atoms with Crippen molar-refractivity contribution in [2.24, 2.45) is 5.73 Å². The van der Waals surface area contributed by atoms with Gasteiger partial charge >= 0.3 is 0 Å². The fourth-order valence-corrected chi connectivity index (χ4v) is 2.93. The van der Waals surface area contributed by atoms with Gasteiger partial charge in [-0.25, -0.2) is 8.42 Å². The molecule has 0 aliphatic rings. The summed E-state index contributed by atoms with van der Waals surface area (Å²) >= 11 is 0. The summed E-state index contributed by atoms with van der Waals surface area (Å²) in [6.45, 7) is 1.62. The Bertz CT molecular complexity index is 856. The van der Waals surface area contributed by atoms with Gasteiger partial charge in [-0.2, -0.15) is 0 Å². The van der Waals surface area contributed by atoms with Gasteiger partial charge in [0.05, 0.1) is 5.69 Å². The summed E-state index contributed by atoms with van der Waals surface area (Å²) in [4.78, 5) is 24.8. The maximum Gasteiger partial charge on any atom is 0.267 e. The molecule has 1 amide bonds. The molecule has 0 aliphatic heterocycles. The average Bonchev–Trinajstić information content (AvgIpc) is 2.41.